The van der Waals surface area contributed by atoms with Gasteiger partial charge in [0.15, 0.2) is 0 Å². The molecule has 2 heteroatoms. The zero-order chi connectivity index (χ0) is 9.19. The number of β-amino-alcohol motifs (C(OH)–C–C–N with tert-alkyl or cyclic N) is 1. The summed E-state index contributed by atoms with van der Waals surface area (Å²) in [6.45, 7) is 8.99. The molecule has 0 radical (unpaired) electrons. The number of aliphatic hydroxyl groups is 1. The summed E-state index contributed by atoms with van der Waals surface area (Å²) in [5.41, 5.74) is 0.00257. The molecule has 0 fully saturated rings. The fraction of sp³-hybridized carbons (Fsp3) is 0.800. The Bertz CT molecular complexity index is 161. The van der Waals surface area contributed by atoms with Crippen molar-refractivity contribution in [2.75, 3.05) is 19.6 Å². The van der Waals surface area contributed by atoms with Crippen molar-refractivity contribution < 1.29 is 5.11 Å². The lowest BCUT2D eigenvalue weighted by Crippen LogP contribution is -2.38. The first kappa shape index (κ1) is 9.75. The molecule has 12 heavy (non-hydrogen) atoms. The Morgan fingerprint density at radius 3 is 2.25 bits per heavy atom. The van der Waals surface area contributed by atoms with E-state index in [-0.39, 0.29) is 11.5 Å². The van der Waals surface area contributed by atoms with Gasteiger partial charge in [0.05, 0.1) is 6.10 Å². The van der Waals surface area contributed by atoms with Crippen LogP contribution in [0.5, 0.6) is 0 Å². The fourth-order valence-corrected chi connectivity index (χ4v) is 1.19. The van der Waals surface area contributed by atoms with Gasteiger partial charge in [0.1, 0.15) is 0 Å². The Labute approximate surface area is 74.9 Å². The Kier molecular flexibility index (Phi) is 2.91. The molecule has 1 N–H and O–H groups in total. The molecular weight excluding hydrogens is 150 g/mol. The minimum absolute atomic E-state index is 0.00257. The predicted octanol–water partition coefficient (Wildman–Crippen LogP) is 1.27. The van der Waals surface area contributed by atoms with E-state index in [1.807, 2.05) is 0 Å². The summed E-state index contributed by atoms with van der Waals surface area (Å²) in [7, 11) is 0. The molecule has 0 saturated carbocycles. The van der Waals surface area contributed by atoms with E-state index in [9.17, 15) is 5.11 Å². The molecule has 1 heterocycles. The van der Waals surface area contributed by atoms with Gasteiger partial charge in [-0.1, -0.05) is 32.9 Å². The predicted molar refractivity (Wildman–Crippen MR) is 51.0 cm³/mol. The second kappa shape index (κ2) is 3.58. The van der Waals surface area contributed by atoms with Crippen LogP contribution in [0.25, 0.3) is 0 Å². The molecule has 1 unspecified atom stereocenters. The van der Waals surface area contributed by atoms with Gasteiger partial charge >= 0.3 is 0 Å². The molecule has 1 aliphatic rings. The van der Waals surface area contributed by atoms with E-state index in [1.165, 1.54) is 0 Å². The van der Waals surface area contributed by atoms with Crippen LogP contribution in [-0.4, -0.2) is 35.7 Å². The van der Waals surface area contributed by atoms with Crippen LogP contribution < -0.4 is 0 Å². The highest BCUT2D eigenvalue weighted by Crippen LogP contribution is 2.20. The van der Waals surface area contributed by atoms with E-state index >= 15 is 0 Å². The number of aliphatic hydroxyl groups excluding tert-OH is 1. The second-order valence-electron chi connectivity index (χ2n) is 4.57. The number of hydrogen-bond acceptors (Lipinski definition) is 2. The van der Waals surface area contributed by atoms with Crippen LogP contribution in [-0.2, 0) is 0 Å². The van der Waals surface area contributed by atoms with Gasteiger partial charge in [-0.05, 0) is 5.41 Å². The van der Waals surface area contributed by atoms with Gasteiger partial charge in [0, 0.05) is 19.6 Å². The molecule has 2 nitrogen and oxygen atoms in total. The summed E-state index contributed by atoms with van der Waals surface area (Å²) in [6.07, 6.45) is 4.07. The minimum Gasteiger partial charge on any atom is -0.391 e. The van der Waals surface area contributed by atoms with Crippen molar-refractivity contribution in [3.8, 4) is 0 Å². The first-order valence-electron chi connectivity index (χ1n) is 4.55. The van der Waals surface area contributed by atoms with Crippen molar-refractivity contribution >= 4 is 0 Å². The maximum Gasteiger partial charge on any atom is 0.0715 e. The van der Waals surface area contributed by atoms with Crippen LogP contribution >= 0.6 is 0 Å². The lowest BCUT2D eigenvalue weighted by atomic mass is 9.89. The molecule has 0 amide bonds. The third-order valence-corrected chi connectivity index (χ3v) is 2.32. The van der Waals surface area contributed by atoms with Crippen molar-refractivity contribution in [2.24, 2.45) is 5.41 Å². The molecule has 1 aliphatic heterocycles. The summed E-state index contributed by atoms with van der Waals surface area (Å²) in [5, 5.41) is 9.78. The molecule has 1 rings (SSSR count). The first-order chi connectivity index (χ1) is 5.50. The van der Waals surface area contributed by atoms with Crippen molar-refractivity contribution in [1.82, 2.24) is 4.90 Å². The molecule has 0 aromatic heterocycles. The van der Waals surface area contributed by atoms with E-state index in [2.05, 4.69) is 37.8 Å². The van der Waals surface area contributed by atoms with E-state index in [0.717, 1.165) is 19.6 Å². The summed E-state index contributed by atoms with van der Waals surface area (Å²) in [6, 6.07) is 0. The lowest BCUT2D eigenvalue weighted by molar-refractivity contribution is 0.0358. The standard InChI is InChI=1S/C10H19NO/c1-10(2,3)9(12)8-11-6-4-5-7-11/h4-5,9,12H,6-8H2,1-3H3. The van der Waals surface area contributed by atoms with Gasteiger partial charge in [-0.15, -0.1) is 0 Å². The van der Waals surface area contributed by atoms with Crippen LogP contribution in [0.3, 0.4) is 0 Å². The third kappa shape index (κ3) is 2.61. The van der Waals surface area contributed by atoms with Gasteiger partial charge in [0.2, 0.25) is 0 Å². The van der Waals surface area contributed by atoms with Crippen LogP contribution in [0.1, 0.15) is 20.8 Å². The molecule has 0 bridgehead atoms. The van der Waals surface area contributed by atoms with Crippen molar-refractivity contribution in [3.63, 3.8) is 0 Å². The molecule has 0 spiro atoms. The number of rotatable bonds is 2. The molecular formula is C10H19NO. The fourth-order valence-electron chi connectivity index (χ4n) is 1.19. The highest BCUT2D eigenvalue weighted by atomic mass is 16.3. The largest absolute Gasteiger partial charge is 0.391 e. The topological polar surface area (TPSA) is 23.5 Å². The number of nitrogens with zero attached hydrogens (tertiary/aromatic N) is 1. The van der Waals surface area contributed by atoms with Gasteiger partial charge in [-0.2, -0.15) is 0 Å². The summed E-state index contributed by atoms with van der Waals surface area (Å²) < 4.78 is 0. The Hall–Kier alpha value is -0.340. The molecule has 70 valence electrons. The van der Waals surface area contributed by atoms with Crippen LogP contribution in [0.2, 0.25) is 0 Å². The average Bonchev–Trinajstić information content (AvgIpc) is 2.37. The highest BCUT2D eigenvalue weighted by Gasteiger charge is 2.24. The van der Waals surface area contributed by atoms with Gasteiger partial charge in [-0.25, -0.2) is 0 Å². The third-order valence-electron chi connectivity index (χ3n) is 2.32. The Morgan fingerprint density at radius 2 is 1.83 bits per heavy atom. The van der Waals surface area contributed by atoms with Gasteiger partial charge < -0.3 is 5.11 Å². The Balaban J connectivity index is 2.31. The van der Waals surface area contributed by atoms with Crippen molar-refractivity contribution in [1.29, 1.82) is 0 Å². The lowest BCUT2D eigenvalue weighted by Gasteiger charge is -2.29. The smallest absolute Gasteiger partial charge is 0.0715 e. The van der Waals surface area contributed by atoms with E-state index in [4.69, 9.17) is 0 Å². The van der Waals surface area contributed by atoms with E-state index in [1.54, 1.807) is 0 Å². The van der Waals surface area contributed by atoms with E-state index in [0.29, 0.717) is 0 Å². The van der Waals surface area contributed by atoms with E-state index < -0.39 is 0 Å². The van der Waals surface area contributed by atoms with Crippen molar-refractivity contribution in [2.45, 2.75) is 26.9 Å². The summed E-state index contributed by atoms with van der Waals surface area (Å²) >= 11 is 0. The maximum atomic E-state index is 9.78. The van der Waals surface area contributed by atoms with Crippen molar-refractivity contribution in [3.05, 3.63) is 12.2 Å². The monoisotopic (exact) mass is 169 g/mol. The molecule has 0 aromatic rings. The normalized spacial score (nSPS) is 21.7. The maximum absolute atomic E-state index is 9.78. The van der Waals surface area contributed by atoms with Gasteiger partial charge in [0.25, 0.3) is 0 Å². The molecule has 1 atom stereocenters. The quantitative estimate of drug-likeness (QED) is 0.629. The zero-order valence-corrected chi connectivity index (χ0v) is 8.25. The first-order valence-corrected chi connectivity index (χ1v) is 4.55. The molecule has 0 saturated heterocycles. The summed E-state index contributed by atoms with van der Waals surface area (Å²) in [4.78, 5) is 2.25. The zero-order valence-electron chi connectivity index (χ0n) is 8.25. The highest BCUT2D eigenvalue weighted by molar-refractivity contribution is 4.96. The summed E-state index contributed by atoms with van der Waals surface area (Å²) in [5.74, 6) is 0. The SMILES string of the molecule is CC(C)(C)C(O)CN1CC=CC1. The second-order valence-corrected chi connectivity index (χ2v) is 4.57. The van der Waals surface area contributed by atoms with Gasteiger partial charge in [-0.3, -0.25) is 4.90 Å². The number of hydrogen-bond donors (Lipinski definition) is 1. The molecule has 0 aromatic carbocycles. The Morgan fingerprint density at radius 1 is 1.33 bits per heavy atom. The molecule has 0 aliphatic carbocycles. The van der Waals surface area contributed by atoms with Crippen LogP contribution in [0.15, 0.2) is 12.2 Å². The minimum atomic E-state index is -0.225. The van der Waals surface area contributed by atoms with Crippen LogP contribution in [0.4, 0.5) is 0 Å². The van der Waals surface area contributed by atoms with Crippen LogP contribution in [0, 0.1) is 5.41 Å². The average molecular weight is 169 g/mol.